The van der Waals surface area contributed by atoms with Gasteiger partial charge in [0.05, 0.1) is 23.1 Å². The molecule has 22 heavy (non-hydrogen) atoms. The second-order valence-electron chi connectivity index (χ2n) is 5.41. The van der Waals surface area contributed by atoms with Gasteiger partial charge in [-0.2, -0.15) is 0 Å². The Bertz CT molecular complexity index is 619. The number of nitrogen functional groups attached to an aromatic ring is 1. The molecule has 0 radical (unpaired) electrons. The standard InChI is InChI=1S/C11H13N5O2.C4H10/c1-3-13-9(17)11-16-15-10(18-11)8-4-7(12)5-14-6(8)2;1-4(2)3/h4-5H,3,12H2,1-2H3,(H,13,17);4H,1-3H3. The van der Waals surface area contributed by atoms with Crippen LogP contribution in [0, 0.1) is 12.8 Å². The second-order valence-corrected chi connectivity index (χ2v) is 5.41. The summed E-state index contributed by atoms with van der Waals surface area (Å²) in [6.45, 7) is 10.6. The van der Waals surface area contributed by atoms with Crippen molar-refractivity contribution in [3.8, 4) is 11.5 Å². The molecule has 2 heterocycles. The number of hydrogen-bond donors (Lipinski definition) is 2. The fraction of sp³-hybridized carbons (Fsp3) is 0.467. The zero-order valence-corrected chi connectivity index (χ0v) is 13.7. The van der Waals surface area contributed by atoms with Gasteiger partial charge in [0.15, 0.2) is 0 Å². The third kappa shape index (κ3) is 5.16. The van der Waals surface area contributed by atoms with E-state index in [1.807, 2.05) is 0 Å². The van der Waals surface area contributed by atoms with Crippen molar-refractivity contribution < 1.29 is 9.21 Å². The van der Waals surface area contributed by atoms with Gasteiger partial charge in [-0.15, -0.1) is 10.2 Å². The number of anilines is 1. The molecule has 1 amide bonds. The molecule has 0 aliphatic heterocycles. The van der Waals surface area contributed by atoms with Crippen LogP contribution in [0.15, 0.2) is 16.7 Å². The third-order valence-corrected chi connectivity index (χ3v) is 2.30. The molecule has 0 aliphatic rings. The topological polar surface area (TPSA) is 107 Å². The van der Waals surface area contributed by atoms with Gasteiger partial charge in [0.2, 0.25) is 5.89 Å². The largest absolute Gasteiger partial charge is 0.412 e. The Labute approximate surface area is 130 Å². The molecule has 0 bridgehead atoms. The van der Waals surface area contributed by atoms with Gasteiger partial charge in [0.25, 0.3) is 0 Å². The Morgan fingerprint density at radius 3 is 2.59 bits per heavy atom. The number of aryl methyl sites for hydroxylation is 1. The Morgan fingerprint density at radius 1 is 1.36 bits per heavy atom. The number of nitrogens with zero attached hydrogens (tertiary/aromatic N) is 3. The van der Waals surface area contributed by atoms with Crippen LogP contribution in [0.4, 0.5) is 5.69 Å². The molecule has 0 saturated heterocycles. The first kappa shape index (κ1) is 17.6. The molecule has 0 aliphatic carbocycles. The predicted molar refractivity (Wildman–Crippen MR) is 85.2 cm³/mol. The van der Waals surface area contributed by atoms with Crippen LogP contribution < -0.4 is 11.1 Å². The number of carbonyl (C=O) groups excluding carboxylic acids is 1. The Hall–Kier alpha value is -2.44. The number of aromatic nitrogens is 3. The van der Waals surface area contributed by atoms with Crippen molar-refractivity contribution in [3.63, 3.8) is 0 Å². The molecule has 0 fully saturated rings. The summed E-state index contributed by atoms with van der Waals surface area (Å²) in [5, 5.41) is 10.1. The highest BCUT2D eigenvalue weighted by molar-refractivity contribution is 5.89. The molecule has 0 aromatic carbocycles. The normalized spacial score (nSPS) is 10.1. The maximum atomic E-state index is 11.5. The average Bonchev–Trinajstić information content (AvgIpc) is 2.91. The van der Waals surface area contributed by atoms with Crippen molar-refractivity contribution in [2.45, 2.75) is 34.6 Å². The van der Waals surface area contributed by atoms with Crippen LogP contribution >= 0.6 is 0 Å². The molecule has 0 spiro atoms. The van der Waals surface area contributed by atoms with Crippen molar-refractivity contribution in [3.05, 3.63) is 23.8 Å². The monoisotopic (exact) mass is 305 g/mol. The molecule has 0 saturated carbocycles. The van der Waals surface area contributed by atoms with Crippen LogP contribution in [0.25, 0.3) is 11.5 Å². The van der Waals surface area contributed by atoms with Crippen LogP contribution in [0.1, 0.15) is 44.1 Å². The molecule has 120 valence electrons. The predicted octanol–water partition coefficient (Wildman–Crippen LogP) is 2.43. The van der Waals surface area contributed by atoms with Crippen LogP contribution in [-0.2, 0) is 0 Å². The maximum absolute atomic E-state index is 11.5. The van der Waals surface area contributed by atoms with Gasteiger partial charge in [0.1, 0.15) is 0 Å². The summed E-state index contributed by atoms with van der Waals surface area (Å²) in [5.41, 5.74) is 7.47. The minimum absolute atomic E-state index is 0.0753. The van der Waals surface area contributed by atoms with Gasteiger partial charge < -0.3 is 15.5 Å². The van der Waals surface area contributed by atoms with Crippen LogP contribution in [0.3, 0.4) is 0 Å². The molecule has 2 rings (SSSR count). The fourth-order valence-corrected chi connectivity index (χ4v) is 1.43. The zero-order valence-electron chi connectivity index (χ0n) is 13.7. The molecule has 7 heteroatoms. The van der Waals surface area contributed by atoms with Crippen molar-refractivity contribution in [2.24, 2.45) is 5.92 Å². The second kappa shape index (κ2) is 8.11. The SMILES string of the molecule is CC(C)C.CCNC(=O)c1nnc(-c2cc(N)cnc2C)o1. The first-order valence-electron chi connectivity index (χ1n) is 7.19. The molecular formula is C15H23N5O2. The number of amides is 1. The molecule has 0 atom stereocenters. The van der Waals surface area contributed by atoms with Gasteiger partial charge in [-0.25, -0.2) is 0 Å². The first-order valence-corrected chi connectivity index (χ1v) is 7.19. The first-order chi connectivity index (χ1) is 10.3. The van der Waals surface area contributed by atoms with E-state index in [9.17, 15) is 4.79 Å². The summed E-state index contributed by atoms with van der Waals surface area (Å²) in [6, 6.07) is 1.68. The van der Waals surface area contributed by atoms with E-state index in [1.165, 1.54) is 0 Å². The minimum atomic E-state index is -0.397. The van der Waals surface area contributed by atoms with Crippen LogP contribution in [-0.4, -0.2) is 27.6 Å². The Kier molecular flexibility index (Phi) is 6.49. The van der Waals surface area contributed by atoms with E-state index < -0.39 is 5.91 Å². The van der Waals surface area contributed by atoms with E-state index in [2.05, 4.69) is 41.3 Å². The van der Waals surface area contributed by atoms with Gasteiger partial charge >= 0.3 is 11.8 Å². The molecule has 3 N–H and O–H groups in total. The lowest BCUT2D eigenvalue weighted by atomic mass is 10.2. The number of nitrogens with one attached hydrogen (secondary N) is 1. The van der Waals surface area contributed by atoms with E-state index in [0.29, 0.717) is 23.5 Å². The van der Waals surface area contributed by atoms with E-state index >= 15 is 0 Å². The van der Waals surface area contributed by atoms with Gasteiger partial charge in [-0.05, 0) is 25.8 Å². The minimum Gasteiger partial charge on any atom is -0.412 e. The maximum Gasteiger partial charge on any atom is 0.308 e. The molecule has 7 nitrogen and oxygen atoms in total. The Balaban J connectivity index is 0.000000541. The lowest BCUT2D eigenvalue weighted by Crippen LogP contribution is -2.22. The summed E-state index contributed by atoms with van der Waals surface area (Å²) in [5.74, 6) is 0.591. The van der Waals surface area contributed by atoms with Crippen molar-refractivity contribution in [2.75, 3.05) is 12.3 Å². The molecular weight excluding hydrogens is 282 g/mol. The van der Waals surface area contributed by atoms with Crippen molar-refractivity contribution in [1.29, 1.82) is 0 Å². The van der Waals surface area contributed by atoms with Gasteiger partial charge in [-0.1, -0.05) is 20.8 Å². The highest BCUT2D eigenvalue weighted by atomic mass is 16.4. The Morgan fingerprint density at radius 2 is 2.00 bits per heavy atom. The zero-order chi connectivity index (χ0) is 16.7. The lowest BCUT2D eigenvalue weighted by molar-refractivity contribution is 0.0922. The van der Waals surface area contributed by atoms with E-state index in [-0.39, 0.29) is 11.8 Å². The number of hydrogen-bond acceptors (Lipinski definition) is 6. The summed E-state index contributed by atoms with van der Waals surface area (Å²) in [4.78, 5) is 15.6. The van der Waals surface area contributed by atoms with Crippen molar-refractivity contribution >= 4 is 11.6 Å². The number of carbonyl (C=O) groups is 1. The quantitative estimate of drug-likeness (QED) is 0.901. The molecule has 2 aromatic heterocycles. The molecule has 0 unspecified atom stereocenters. The van der Waals surface area contributed by atoms with Crippen molar-refractivity contribution in [1.82, 2.24) is 20.5 Å². The summed E-state index contributed by atoms with van der Waals surface area (Å²) in [7, 11) is 0. The smallest absolute Gasteiger partial charge is 0.308 e. The van der Waals surface area contributed by atoms with E-state index in [1.54, 1.807) is 26.1 Å². The van der Waals surface area contributed by atoms with Gasteiger partial charge in [0, 0.05) is 6.54 Å². The summed E-state index contributed by atoms with van der Waals surface area (Å²) < 4.78 is 5.29. The van der Waals surface area contributed by atoms with E-state index in [4.69, 9.17) is 10.2 Å². The highest BCUT2D eigenvalue weighted by Crippen LogP contribution is 2.22. The van der Waals surface area contributed by atoms with Gasteiger partial charge in [-0.3, -0.25) is 9.78 Å². The summed E-state index contributed by atoms with van der Waals surface area (Å²) in [6.07, 6.45) is 1.54. The van der Waals surface area contributed by atoms with Crippen LogP contribution in [0.2, 0.25) is 0 Å². The molecule has 2 aromatic rings. The number of pyridine rings is 1. The van der Waals surface area contributed by atoms with Crippen LogP contribution in [0.5, 0.6) is 0 Å². The highest BCUT2D eigenvalue weighted by Gasteiger charge is 2.16. The summed E-state index contributed by atoms with van der Waals surface area (Å²) >= 11 is 0. The lowest BCUT2D eigenvalue weighted by Gasteiger charge is -2.00. The van der Waals surface area contributed by atoms with E-state index in [0.717, 1.165) is 5.92 Å². The third-order valence-electron chi connectivity index (χ3n) is 2.30. The number of nitrogens with two attached hydrogens (primary N) is 1. The average molecular weight is 305 g/mol. The fourth-order valence-electron chi connectivity index (χ4n) is 1.43. The number of rotatable bonds is 3.